The van der Waals surface area contributed by atoms with E-state index < -0.39 is 0 Å². The highest BCUT2D eigenvalue weighted by molar-refractivity contribution is 6.31. The number of hydrogen-bond acceptors (Lipinski definition) is 5. The van der Waals surface area contributed by atoms with Gasteiger partial charge in [0.25, 0.3) is 0 Å². The zero-order valence-corrected chi connectivity index (χ0v) is 12.4. The molecule has 0 radical (unpaired) electrons. The maximum atomic E-state index is 6.06. The van der Waals surface area contributed by atoms with Crippen molar-refractivity contribution in [1.82, 2.24) is 29.9 Å². The molecule has 3 aromatic heterocycles. The molecule has 0 aromatic carbocycles. The van der Waals surface area contributed by atoms with Gasteiger partial charge in [-0.05, 0) is 38.9 Å². The van der Waals surface area contributed by atoms with E-state index in [1.807, 2.05) is 17.5 Å². The first-order valence-corrected chi connectivity index (χ1v) is 7.49. The van der Waals surface area contributed by atoms with Crippen molar-refractivity contribution >= 4 is 28.3 Å². The fourth-order valence-electron chi connectivity index (χ4n) is 2.94. The van der Waals surface area contributed by atoms with Gasteiger partial charge < -0.3 is 5.32 Å². The summed E-state index contributed by atoms with van der Waals surface area (Å²) in [4.78, 5) is 13.6. The molecule has 3 aromatic rings. The molecule has 0 amide bonds. The van der Waals surface area contributed by atoms with E-state index in [0.29, 0.717) is 16.6 Å². The van der Waals surface area contributed by atoms with Gasteiger partial charge in [-0.25, -0.2) is 15.0 Å². The molecule has 0 saturated carbocycles. The Bertz CT molecular complexity index is 821. The third kappa shape index (κ3) is 2.15. The van der Waals surface area contributed by atoms with Crippen molar-refractivity contribution in [3.05, 3.63) is 28.9 Å². The minimum atomic E-state index is 0.386. The van der Waals surface area contributed by atoms with Gasteiger partial charge in [-0.3, -0.25) is 0 Å². The number of fused-ring (bicyclic) bond motifs is 3. The van der Waals surface area contributed by atoms with Crippen LogP contribution in [-0.4, -0.2) is 37.7 Å². The highest BCUT2D eigenvalue weighted by Gasteiger charge is 2.22. The van der Waals surface area contributed by atoms with Crippen molar-refractivity contribution in [3.8, 4) is 0 Å². The van der Waals surface area contributed by atoms with Crippen LogP contribution >= 0.6 is 11.6 Å². The van der Waals surface area contributed by atoms with E-state index in [9.17, 15) is 0 Å². The standard InChI is InChI=1S/C14H15ClN6/c1-8-18-14-11-6-10(15)7-17-12(11)19-13(21(14)20-8)9-2-4-16-5-3-9/h6-7,9,16H,2-5H2,1H3. The van der Waals surface area contributed by atoms with E-state index in [-0.39, 0.29) is 0 Å². The molecule has 108 valence electrons. The number of rotatable bonds is 1. The molecule has 0 bridgehead atoms. The second-order valence-electron chi connectivity index (χ2n) is 5.41. The average Bonchev–Trinajstić information content (AvgIpc) is 2.89. The van der Waals surface area contributed by atoms with Crippen LogP contribution in [0.4, 0.5) is 0 Å². The molecule has 4 heterocycles. The van der Waals surface area contributed by atoms with Gasteiger partial charge >= 0.3 is 0 Å². The summed E-state index contributed by atoms with van der Waals surface area (Å²) in [5.41, 5.74) is 1.48. The lowest BCUT2D eigenvalue weighted by molar-refractivity contribution is 0.438. The first kappa shape index (κ1) is 12.9. The van der Waals surface area contributed by atoms with E-state index >= 15 is 0 Å². The van der Waals surface area contributed by atoms with Gasteiger partial charge in [-0.2, -0.15) is 4.52 Å². The summed E-state index contributed by atoms with van der Waals surface area (Å²) in [6.45, 7) is 3.91. The second-order valence-corrected chi connectivity index (χ2v) is 5.85. The molecule has 0 aliphatic carbocycles. The molecule has 0 spiro atoms. The van der Waals surface area contributed by atoms with E-state index in [1.54, 1.807) is 6.20 Å². The minimum absolute atomic E-state index is 0.386. The Morgan fingerprint density at radius 3 is 2.90 bits per heavy atom. The fraction of sp³-hybridized carbons (Fsp3) is 0.429. The van der Waals surface area contributed by atoms with Crippen LogP contribution in [0.5, 0.6) is 0 Å². The summed E-state index contributed by atoms with van der Waals surface area (Å²) in [5, 5.41) is 9.33. The lowest BCUT2D eigenvalue weighted by Gasteiger charge is -2.22. The molecular weight excluding hydrogens is 288 g/mol. The third-order valence-electron chi connectivity index (χ3n) is 3.93. The van der Waals surface area contributed by atoms with Crippen molar-refractivity contribution < 1.29 is 0 Å². The van der Waals surface area contributed by atoms with Gasteiger partial charge in [0.05, 0.1) is 10.4 Å². The number of pyridine rings is 1. The third-order valence-corrected chi connectivity index (χ3v) is 4.14. The van der Waals surface area contributed by atoms with Crippen molar-refractivity contribution in [2.45, 2.75) is 25.7 Å². The molecule has 1 fully saturated rings. The molecule has 1 N–H and O–H groups in total. The average molecular weight is 303 g/mol. The number of aromatic nitrogens is 5. The fourth-order valence-corrected chi connectivity index (χ4v) is 3.09. The van der Waals surface area contributed by atoms with Gasteiger partial charge in [0.2, 0.25) is 0 Å². The van der Waals surface area contributed by atoms with Gasteiger partial charge in [0.1, 0.15) is 11.6 Å². The monoisotopic (exact) mass is 302 g/mol. The lowest BCUT2D eigenvalue weighted by atomic mass is 9.97. The molecule has 1 aliphatic rings. The van der Waals surface area contributed by atoms with E-state index in [2.05, 4.69) is 20.4 Å². The Balaban J connectivity index is 2.02. The SMILES string of the molecule is Cc1nc2c3cc(Cl)cnc3nc(C3CCNCC3)n2n1. The minimum Gasteiger partial charge on any atom is -0.317 e. The first-order valence-electron chi connectivity index (χ1n) is 7.11. The van der Waals surface area contributed by atoms with Crippen molar-refractivity contribution in [1.29, 1.82) is 0 Å². The number of nitrogens with one attached hydrogen (secondary N) is 1. The summed E-state index contributed by atoms with van der Waals surface area (Å²) >= 11 is 6.06. The molecular formula is C14H15ClN6. The Labute approximate surface area is 126 Å². The predicted octanol–water partition coefficient (Wildman–Crippen LogP) is 2.10. The molecule has 0 atom stereocenters. The summed E-state index contributed by atoms with van der Waals surface area (Å²) < 4.78 is 1.87. The molecule has 1 saturated heterocycles. The van der Waals surface area contributed by atoms with Gasteiger partial charge in [-0.15, -0.1) is 5.10 Å². The van der Waals surface area contributed by atoms with Crippen LogP contribution in [0.1, 0.15) is 30.4 Å². The lowest BCUT2D eigenvalue weighted by Crippen LogP contribution is -2.28. The molecule has 7 heteroatoms. The summed E-state index contributed by atoms with van der Waals surface area (Å²) in [6, 6.07) is 1.85. The number of halogens is 1. The molecule has 1 aliphatic heterocycles. The van der Waals surface area contributed by atoms with Gasteiger partial charge in [0.15, 0.2) is 11.3 Å². The number of nitrogens with zero attached hydrogens (tertiary/aromatic N) is 5. The number of hydrogen-bond donors (Lipinski definition) is 1. The Morgan fingerprint density at radius 1 is 1.29 bits per heavy atom. The normalized spacial score (nSPS) is 16.9. The maximum Gasteiger partial charge on any atom is 0.168 e. The van der Waals surface area contributed by atoms with Crippen molar-refractivity contribution in [2.75, 3.05) is 13.1 Å². The van der Waals surface area contributed by atoms with Crippen LogP contribution in [0.25, 0.3) is 16.7 Å². The quantitative estimate of drug-likeness (QED) is 0.745. The van der Waals surface area contributed by atoms with Crippen LogP contribution in [0, 0.1) is 6.92 Å². The van der Waals surface area contributed by atoms with E-state index in [1.165, 1.54) is 0 Å². The topological polar surface area (TPSA) is 68.0 Å². The molecule has 0 unspecified atom stereocenters. The predicted molar refractivity (Wildman–Crippen MR) is 80.7 cm³/mol. The van der Waals surface area contributed by atoms with Crippen LogP contribution in [0.2, 0.25) is 5.02 Å². The highest BCUT2D eigenvalue weighted by atomic mass is 35.5. The Hall–Kier alpha value is -1.79. The number of piperidine rings is 1. The molecule has 6 nitrogen and oxygen atoms in total. The van der Waals surface area contributed by atoms with Crippen molar-refractivity contribution in [2.24, 2.45) is 0 Å². The molecule has 4 rings (SSSR count). The van der Waals surface area contributed by atoms with E-state index in [0.717, 1.165) is 48.6 Å². The second kappa shape index (κ2) is 4.89. The van der Waals surface area contributed by atoms with Crippen LogP contribution in [-0.2, 0) is 0 Å². The van der Waals surface area contributed by atoms with Crippen LogP contribution in [0.3, 0.4) is 0 Å². The summed E-state index contributed by atoms with van der Waals surface area (Å²) in [6.07, 6.45) is 3.74. The van der Waals surface area contributed by atoms with Crippen LogP contribution in [0.15, 0.2) is 12.3 Å². The summed E-state index contributed by atoms with van der Waals surface area (Å²) in [5.74, 6) is 2.07. The number of aryl methyl sites for hydroxylation is 1. The van der Waals surface area contributed by atoms with Gasteiger partial charge in [-0.1, -0.05) is 11.6 Å². The zero-order valence-electron chi connectivity index (χ0n) is 11.7. The highest BCUT2D eigenvalue weighted by Crippen LogP contribution is 2.27. The Morgan fingerprint density at radius 2 is 2.10 bits per heavy atom. The maximum absolute atomic E-state index is 6.06. The molecule has 21 heavy (non-hydrogen) atoms. The Kier molecular flexibility index (Phi) is 3.01. The van der Waals surface area contributed by atoms with Gasteiger partial charge in [0, 0.05) is 12.1 Å². The smallest absolute Gasteiger partial charge is 0.168 e. The van der Waals surface area contributed by atoms with Crippen LogP contribution < -0.4 is 5.32 Å². The largest absolute Gasteiger partial charge is 0.317 e. The van der Waals surface area contributed by atoms with Crippen molar-refractivity contribution in [3.63, 3.8) is 0 Å². The van der Waals surface area contributed by atoms with E-state index in [4.69, 9.17) is 16.6 Å². The first-order chi connectivity index (χ1) is 10.2. The summed E-state index contributed by atoms with van der Waals surface area (Å²) in [7, 11) is 0. The zero-order chi connectivity index (χ0) is 14.4.